The molecule has 4 heteroatoms. The number of ether oxygens (including phenoxy) is 1. The fourth-order valence-electron chi connectivity index (χ4n) is 1.41. The molecule has 0 fully saturated rings. The molecule has 100 valence electrons. The molecule has 2 N–H and O–H groups in total. The van der Waals surface area contributed by atoms with Crippen LogP contribution in [0.15, 0.2) is 18.2 Å². The third-order valence-electron chi connectivity index (χ3n) is 2.85. The SMILES string of the molecule is Cc1ccc(C(C)C)cc1OCC(C)(O)C(=O)O. The van der Waals surface area contributed by atoms with Gasteiger partial charge in [0.2, 0.25) is 0 Å². The average molecular weight is 252 g/mol. The molecule has 0 amide bonds. The first kappa shape index (κ1) is 14.5. The maximum Gasteiger partial charge on any atom is 0.339 e. The van der Waals surface area contributed by atoms with Gasteiger partial charge in [-0.25, -0.2) is 4.79 Å². The number of rotatable bonds is 5. The van der Waals surface area contributed by atoms with Gasteiger partial charge in [0.05, 0.1) is 0 Å². The average Bonchev–Trinajstić information content (AvgIpc) is 2.27. The molecule has 18 heavy (non-hydrogen) atoms. The highest BCUT2D eigenvalue weighted by Gasteiger charge is 2.31. The molecule has 0 aliphatic rings. The molecule has 0 radical (unpaired) electrons. The van der Waals surface area contributed by atoms with Gasteiger partial charge in [0, 0.05) is 0 Å². The number of hydrogen-bond donors (Lipinski definition) is 2. The van der Waals surface area contributed by atoms with Gasteiger partial charge in [-0.15, -0.1) is 0 Å². The van der Waals surface area contributed by atoms with Gasteiger partial charge >= 0.3 is 5.97 Å². The van der Waals surface area contributed by atoms with E-state index in [0.717, 1.165) is 11.1 Å². The van der Waals surface area contributed by atoms with Crippen LogP contribution in [0.4, 0.5) is 0 Å². The lowest BCUT2D eigenvalue weighted by Gasteiger charge is -2.20. The number of aliphatic carboxylic acids is 1. The molecule has 4 nitrogen and oxygen atoms in total. The van der Waals surface area contributed by atoms with Crippen molar-refractivity contribution in [1.29, 1.82) is 0 Å². The van der Waals surface area contributed by atoms with Crippen LogP contribution >= 0.6 is 0 Å². The van der Waals surface area contributed by atoms with E-state index in [0.29, 0.717) is 11.7 Å². The topological polar surface area (TPSA) is 66.8 Å². The summed E-state index contributed by atoms with van der Waals surface area (Å²) < 4.78 is 5.42. The number of hydrogen-bond acceptors (Lipinski definition) is 3. The molecule has 0 saturated heterocycles. The fourth-order valence-corrected chi connectivity index (χ4v) is 1.41. The largest absolute Gasteiger partial charge is 0.490 e. The summed E-state index contributed by atoms with van der Waals surface area (Å²) in [5.74, 6) is -0.309. The van der Waals surface area contributed by atoms with Crippen molar-refractivity contribution in [3.63, 3.8) is 0 Å². The normalized spacial score (nSPS) is 14.3. The lowest BCUT2D eigenvalue weighted by molar-refractivity contribution is -0.159. The Bertz CT molecular complexity index is 435. The van der Waals surface area contributed by atoms with Gasteiger partial charge in [-0.2, -0.15) is 0 Å². The second-order valence-corrected chi connectivity index (χ2v) is 5.05. The zero-order valence-corrected chi connectivity index (χ0v) is 11.2. The summed E-state index contributed by atoms with van der Waals surface area (Å²) in [6, 6.07) is 5.83. The minimum absolute atomic E-state index is 0.273. The minimum Gasteiger partial charge on any atom is -0.490 e. The zero-order chi connectivity index (χ0) is 13.9. The minimum atomic E-state index is -1.87. The van der Waals surface area contributed by atoms with Crippen molar-refractivity contribution in [3.05, 3.63) is 29.3 Å². The second kappa shape index (κ2) is 5.40. The van der Waals surface area contributed by atoms with E-state index in [1.165, 1.54) is 6.92 Å². The number of carboxylic acid groups (broad SMARTS) is 1. The summed E-state index contributed by atoms with van der Waals surface area (Å²) in [7, 11) is 0. The van der Waals surface area contributed by atoms with Gasteiger partial charge in [0.15, 0.2) is 5.60 Å². The molecule has 0 spiro atoms. The Morgan fingerprint density at radius 2 is 2.06 bits per heavy atom. The van der Waals surface area contributed by atoms with Crippen LogP contribution in [0.25, 0.3) is 0 Å². The Hall–Kier alpha value is -1.55. The van der Waals surface area contributed by atoms with Crippen LogP contribution < -0.4 is 4.74 Å². The van der Waals surface area contributed by atoms with Crippen molar-refractivity contribution >= 4 is 5.97 Å². The third kappa shape index (κ3) is 3.47. The van der Waals surface area contributed by atoms with Gasteiger partial charge < -0.3 is 14.9 Å². The van der Waals surface area contributed by atoms with Crippen LogP contribution in [0.2, 0.25) is 0 Å². The van der Waals surface area contributed by atoms with E-state index >= 15 is 0 Å². The van der Waals surface area contributed by atoms with Crippen molar-refractivity contribution in [2.75, 3.05) is 6.61 Å². The molecule has 0 saturated carbocycles. The third-order valence-corrected chi connectivity index (χ3v) is 2.85. The predicted molar refractivity (Wildman–Crippen MR) is 69.0 cm³/mol. The Morgan fingerprint density at radius 1 is 1.44 bits per heavy atom. The molecule has 1 rings (SSSR count). The lowest BCUT2D eigenvalue weighted by Crippen LogP contribution is -2.41. The molecule has 1 atom stereocenters. The number of aliphatic hydroxyl groups is 1. The molecule has 0 bridgehead atoms. The monoisotopic (exact) mass is 252 g/mol. The number of aryl methyl sites for hydroxylation is 1. The number of benzene rings is 1. The first-order valence-corrected chi connectivity index (χ1v) is 5.93. The first-order chi connectivity index (χ1) is 8.24. The molecule has 0 aromatic heterocycles. The summed E-state index contributed by atoms with van der Waals surface area (Å²) in [5.41, 5.74) is 0.159. The van der Waals surface area contributed by atoms with E-state index in [1.54, 1.807) is 0 Å². The van der Waals surface area contributed by atoms with Gasteiger partial charge in [-0.3, -0.25) is 0 Å². The van der Waals surface area contributed by atoms with Crippen molar-refractivity contribution < 1.29 is 19.7 Å². The molecule has 0 aliphatic carbocycles. The number of carbonyl (C=O) groups is 1. The summed E-state index contributed by atoms with van der Waals surface area (Å²) in [6.07, 6.45) is 0. The van der Waals surface area contributed by atoms with Crippen molar-refractivity contribution in [3.8, 4) is 5.75 Å². The molecular formula is C14H20O4. The van der Waals surface area contributed by atoms with Crippen molar-refractivity contribution in [1.82, 2.24) is 0 Å². The van der Waals surface area contributed by atoms with Crippen LogP contribution in [0.3, 0.4) is 0 Å². The van der Waals surface area contributed by atoms with E-state index in [1.807, 2.05) is 25.1 Å². The van der Waals surface area contributed by atoms with Gasteiger partial charge in [-0.05, 0) is 37.0 Å². The maximum absolute atomic E-state index is 10.8. The quantitative estimate of drug-likeness (QED) is 0.844. The summed E-state index contributed by atoms with van der Waals surface area (Å²) >= 11 is 0. The van der Waals surface area contributed by atoms with Gasteiger partial charge in [-0.1, -0.05) is 26.0 Å². The first-order valence-electron chi connectivity index (χ1n) is 5.93. The van der Waals surface area contributed by atoms with Crippen LogP contribution in [-0.2, 0) is 4.79 Å². The predicted octanol–water partition coefficient (Wildman–Crippen LogP) is 2.33. The summed E-state index contributed by atoms with van der Waals surface area (Å²) in [4.78, 5) is 10.8. The molecule has 1 aromatic rings. The molecule has 1 aromatic carbocycles. The zero-order valence-electron chi connectivity index (χ0n) is 11.2. The lowest BCUT2D eigenvalue weighted by atomic mass is 10.0. The second-order valence-electron chi connectivity index (χ2n) is 5.05. The Kier molecular flexibility index (Phi) is 4.35. The summed E-state index contributed by atoms with van der Waals surface area (Å²) in [6.45, 7) is 6.97. The van der Waals surface area contributed by atoms with E-state index in [9.17, 15) is 9.90 Å². The van der Waals surface area contributed by atoms with Crippen LogP contribution in [0, 0.1) is 6.92 Å². The maximum atomic E-state index is 10.8. The smallest absolute Gasteiger partial charge is 0.339 e. The Morgan fingerprint density at radius 3 is 2.56 bits per heavy atom. The highest BCUT2D eigenvalue weighted by atomic mass is 16.5. The molecular weight excluding hydrogens is 232 g/mol. The molecule has 0 aliphatic heterocycles. The summed E-state index contributed by atoms with van der Waals surface area (Å²) in [5, 5.41) is 18.4. The Balaban J connectivity index is 2.84. The molecule has 1 unspecified atom stereocenters. The van der Waals surface area contributed by atoms with Crippen molar-refractivity contribution in [2.45, 2.75) is 39.2 Å². The van der Waals surface area contributed by atoms with E-state index < -0.39 is 11.6 Å². The van der Waals surface area contributed by atoms with E-state index in [4.69, 9.17) is 9.84 Å². The van der Waals surface area contributed by atoms with Crippen LogP contribution in [0.1, 0.15) is 37.8 Å². The van der Waals surface area contributed by atoms with E-state index in [2.05, 4.69) is 13.8 Å². The number of carboxylic acids is 1. The standard InChI is InChI=1S/C14H20O4/c1-9(2)11-6-5-10(3)12(7-11)18-8-14(4,17)13(15)16/h5-7,9,17H,8H2,1-4H3,(H,15,16). The van der Waals surface area contributed by atoms with Gasteiger partial charge in [0.25, 0.3) is 0 Å². The fraction of sp³-hybridized carbons (Fsp3) is 0.500. The molecule has 0 heterocycles. The van der Waals surface area contributed by atoms with Crippen LogP contribution in [-0.4, -0.2) is 28.4 Å². The van der Waals surface area contributed by atoms with E-state index in [-0.39, 0.29) is 6.61 Å². The van der Waals surface area contributed by atoms with Crippen molar-refractivity contribution in [2.24, 2.45) is 0 Å². The Labute approximate surface area is 107 Å². The van der Waals surface area contributed by atoms with Crippen LogP contribution in [0.5, 0.6) is 5.75 Å². The highest BCUT2D eigenvalue weighted by Crippen LogP contribution is 2.25. The van der Waals surface area contributed by atoms with Gasteiger partial charge in [0.1, 0.15) is 12.4 Å². The highest BCUT2D eigenvalue weighted by molar-refractivity contribution is 5.76.